The molecular weight excluding hydrogens is 174 g/mol. The fourth-order valence-corrected chi connectivity index (χ4v) is 1.36. The number of rotatable bonds is 4. The van der Waals surface area contributed by atoms with Crippen LogP contribution in [0.5, 0.6) is 0 Å². The summed E-state index contributed by atoms with van der Waals surface area (Å²) >= 11 is 0. The van der Waals surface area contributed by atoms with Gasteiger partial charge in [-0.1, -0.05) is 20.3 Å². The van der Waals surface area contributed by atoms with Crippen molar-refractivity contribution in [2.24, 2.45) is 13.0 Å². The second kappa shape index (κ2) is 4.49. The molecule has 1 aromatic rings. The quantitative estimate of drug-likeness (QED) is 0.800. The van der Waals surface area contributed by atoms with Crippen molar-refractivity contribution in [2.75, 3.05) is 5.32 Å². The Morgan fingerprint density at radius 1 is 1.50 bits per heavy atom. The number of hydrogen-bond acceptors (Lipinski definition) is 2. The fourth-order valence-electron chi connectivity index (χ4n) is 1.36. The van der Waals surface area contributed by atoms with Gasteiger partial charge < -0.3 is 5.32 Å². The third-order valence-corrected chi connectivity index (χ3v) is 2.99. The van der Waals surface area contributed by atoms with Gasteiger partial charge in [-0.2, -0.15) is 5.10 Å². The van der Waals surface area contributed by atoms with Crippen molar-refractivity contribution in [3.8, 4) is 0 Å². The van der Waals surface area contributed by atoms with Crippen LogP contribution in [0.2, 0.25) is 0 Å². The van der Waals surface area contributed by atoms with Gasteiger partial charge in [0, 0.05) is 24.8 Å². The predicted octanol–water partition coefficient (Wildman–Crippen LogP) is 2.58. The van der Waals surface area contributed by atoms with Crippen LogP contribution in [0.25, 0.3) is 0 Å². The normalized spacial score (nSPS) is 15.2. The van der Waals surface area contributed by atoms with E-state index in [4.69, 9.17) is 0 Å². The largest absolute Gasteiger partial charge is 0.366 e. The molecule has 2 atom stereocenters. The SMILES string of the molecule is CCC(C)C(C)Nc1cc(C)n(C)n1. The third kappa shape index (κ3) is 2.50. The van der Waals surface area contributed by atoms with Gasteiger partial charge in [-0.3, -0.25) is 4.68 Å². The molecule has 0 saturated heterocycles. The van der Waals surface area contributed by atoms with Crippen LogP contribution < -0.4 is 5.32 Å². The van der Waals surface area contributed by atoms with Crippen LogP contribution in [0, 0.1) is 12.8 Å². The topological polar surface area (TPSA) is 29.9 Å². The summed E-state index contributed by atoms with van der Waals surface area (Å²) in [4.78, 5) is 0. The van der Waals surface area contributed by atoms with Crippen LogP contribution in [0.15, 0.2) is 6.07 Å². The minimum absolute atomic E-state index is 0.481. The van der Waals surface area contributed by atoms with E-state index in [0.29, 0.717) is 12.0 Å². The summed E-state index contributed by atoms with van der Waals surface area (Å²) in [6.07, 6.45) is 1.19. The van der Waals surface area contributed by atoms with E-state index in [1.807, 2.05) is 11.7 Å². The molecule has 0 fully saturated rings. The van der Waals surface area contributed by atoms with Crippen molar-refractivity contribution in [1.29, 1.82) is 0 Å². The number of anilines is 1. The molecule has 1 aromatic heterocycles. The van der Waals surface area contributed by atoms with Crippen molar-refractivity contribution in [3.05, 3.63) is 11.8 Å². The van der Waals surface area contributed by atoms with Gasteiger partial charge in [0.2, 0.25) is 0 Å². The Bertz CT molecular complexity index is 271. The maximum absolute atomic E-state index is 4.37. The molecule has 0 saturated carbocycles. The third-order valence-electron chi connectivity index (χ3n) is 2.99. The van der Waals surface area contributed by atoms with E-state index in [-0.39, 0.29) is 0 Å². The van der Waals surface area contributed by atoms with E-state index < -0.39 is 0 Å². The second-order valence-electron chi connectivity index (χ2n) is 4.11. The molecule has 1 N–H and O–H groups in total. The molecular formula is C11H21N3. The number of aromatic nitrogens is 2. The minimum atomic E-state index is 0.481. The van der Waals surface area contributed by atoms with E-state index in [0.717, 1.165) is 5.82 Å². The Hall–Kier alpha value is -0.990. The molecule has 0 bridgehead atoms. The van der Waals surface area contributed by atoms with Gasteiger partial charge in [0.15, 0.2) is 0 Å². The molecule has 0 aliphatic carbocycles. The van der Waals surface area contributed by atoms with Crippen molar-refractivity contribution in [2.45, 2.75) is 40.2 Å². The highest BCUT2D eigenvalue weighted by Crippen LogP contribution is 2.14. The van der Waals surface area contributed by atoms with E-state index in [1.54, 1.807) is 0 Å². The van der Waals surface area contributed by atoms with Crippen molar-refractivity contribution in [3.63, 3.8) is 0 Å². The Kier molecular flexibility index (Phi) is 3.55. The monoisotopic (exact) mass is 195 g/mol. The Balaban J connectivity index is 2.60. The highest BCUT2D eigenvalue weighted by Gasteiger charge is 2.11. The summed E-state index contributed by atoms with van der Waals surface area (Å²) < 4.78 is 1.89. The lowest BCUT2D eigenvalue weighted by Crippen LogP contribution is -2.23. The maximum Gasteiger partial charge on any atom is 0.148 e. The van der Waals surface area contributed by atoms with Crippen molar-refractivity contribution < 1.29 is 0 Å². The summed E-state index contributed by atoms with van der Waals surface area (Å²) in [5, 5.41) is 7.79. The molecule has 0 aliphatic rings. The minimum Gasteiger partial charge on any atom is -0.366 e. The summed E-state index contributed by atoms with van der Waals surface area (Å²) in [6.45, 7) is 8.74. The smallest absolute Gasteiger partial charge is 0.148 e. The van der Waals surface area contributed by atoms with Crippen molar-refractivity contribution >= 4 is 5.82 Å². The summed E-state index contributed by atoms with van der Waals surface area (Å²) in [5.74, 6) is 1.66. The Morgan fingerprint density at radius 3 is 2.57 bits per heavy atom. The first-order valence-corrected chi connectivity index (χ1v) is 5.31. The van der Waals surface area contributed by atoms with Gasteiger partial charge in [0.1, 0.15) is 5.82 Å². The van der Waals surface area contributed by atoms with Gasteiger partial charge in [-0.25, -0.2) is 0 Å². The first kappa shape index (κ1) is 11.1. The maximum atomic E-state index is 4.37. The van der Waals surface area contributed by atoms with Gasteiger partial charge in [0.05, 0.1) is 0 Å². The summed E-state index contributed by atoms with van der Waals surface area (Å²) in [7, 11) is 1.97. The number of aryl methyl sites for hydroxylation is 2. The summed E-state index contributed by atoms with van der Waals surface area (Å²) in [6, 6.07) is 2.56. The first-order chi connectivity index (χ1) is 6.54. The van der Waals surface area contributed by atoms with Crippen LogP contribution >= 0.6 is 0 Å². The van der Waals surface area contributed by atoms with Crippen LogP contribution in [-0.4, -0.2) is 15.8 Å². The molecule has 0 aromatic carbocycles. The zero-order valence-electron chi connectivity index (χ0n) is 9.83. The highest BCUT2D eigenvalue weighted by molar-refractivity contribution is 5.36. The van der Waals surface area contributed by atoms with E-state index in [2.05, 4.69) is 44.2 Å². The molecule has 0 amide bonds. The molecule has 3 nitrogen and oxygen atoms in total. The van der Waals surface area contributed by atoms with E-state index >= 15 is 0 Å². The zero-order valence-corrected chi connectivity index (χ0v) is 9.83. The van der Waals surface area contributed by atoms with E-state index in [1.165, 1.54) is 12.1 Å². The molecule has 0 radical (unpaired) electrons. The van der Waals surface area contributed by atoms with Crippen LogP contribution in [0.4, 0.5) is 5.82 Å². The highest BCUT2D eigenvalue weighted by atomic mass is 15.3. The molecule has 80 valence electrons. The number of nitrogens with zero attached hydrogens (tertiary/aromatic N) is 2. The Morgan fingerprint density at radius 2 is 2.14 bits per heavy atom. The first-order valence-electron chi connectivity index (χ1n) is 5.31. The average Bonchev–Trinajstić information content (AvgIpc) is 2.44. The number of hydrogen-bond donors (Lipinski definition) is 1. The van der Waals surface area contributed by atoms with Gasteiger partial charge in [-0.15, -0.1) is 0 Å². The standard InChI is InChI=1S/C11H21N3/c1-6-8(2)10(4)12-11-7-9(3)14(5)13-11/h7-8,10H,6H2,1-5H3,(H,12,13). The Labute approximate surface area is 86.5 Å². The average molecular weight is 195 g/mol. The van der Waals surface area contributed by atoms with Gasteiger partial charge in [-0.05, 0) is 19.8 Å². The lowest BCUT2D eigenvalue weighted by atomic mass is 10.0. The molecule has 3 heteroatoms. The van der Waals surface area contributed by atoms with Gasteiger partial charge in [0.25, 0.3) is 0 Å². The molecule has 1 heterocycles. The van der Waals surface area contributed by atoms with Crippen LogP contribution in [0.3, 0.4) is 0 Å². The molecule has 2 unspecified atom stereocenters. The fraction of sp³-hybridized carbons (Fsp3) is 0.727. The molecule has 0 aliphatic heterocycles. The predicted molar refractivity (Wildman–Crippen MR) is 60.5 cm³/mol. The summed E-state index contributed by atoms with van der Waals surface area (Å²) in [5.41, 5.74) is 1.18. The van der Waals surface area contributed by atoms with Gasteiger partial charge >= 0.3 is 0 Å². The second-order valence-corrected chi connectivity index (χ2v) is 4.11. The number of nitrogens with one attached hydrogen (secondary N) is 1. The lowest BCUT2D eigenvalue weighted by molar-refractivity contribution is 0.493. The molecule has 1 rings (SSSR count). The molecule has 0 spiro atoms. The van der Waals surface area contributed by atoms with Crippen LogP contribution in [-0.2, 0) is 7.05 Å². The van der Waals surface area contributed by atoms with Crippen LogP contribution in [0.1, 0.15) is 32.9 Å². The van der Waals surface area contributed by atoms with Crippen molar-refractivity contribution in [1.82, 2.24) is 9.78 Å². The lowest BCUT2D eigenvalue weighted by Gasteiger charge is -2.19. The van der Waals surface area contributed by atoms with E-state index in [9.17, 15) is 0 Å². The molecule has 14 heavy (non-hydrogen) atoms. The zero-order chi connectivity index (χ0) is 10.7.